The van der Waals surface area contributed by atoms with Gasteiger partial charge in [-0.3, -0.25) is 4.79 Å². The largest absolute Gasteiger partial charge is 0.494 e. The number of carbonyl (C=O) groups is 1. The minimum atomic E-state index is -0.356. The van der Waals surface area contributed by atoms with E-state index in [1.54, 1.807) is 4.68 Å². The van der Waals surface area contributed by atoms with E-state index in [4.69, 9.17) is 4.74 Å². The van der Waals surface area contributed by atoms with Crippen LogP contribution in [0, 0.1) is 13.8 Å². The number of amides is 1. The number of hydrogen-bond acceptors (Lipinski definition) is 4. The number of halogens is 1. The molecule has 0 aliphatic carbocycles. The monoisotopic (exact) mass is 490 g/mol. The van der Waals surface area contributed by atoms with E-state index in [1.165, 1.54) is 0 Å². The predicted octanol–water partition coefficient (Wildman–Crippen LogP) is 5.96. The first-order chi connectivity index (χ1) is 15.5. The third kappa shape index (κ3) is 4.57. The van der Waals surface area contributed by atoms with E-state index in [2.05, 4.69) is 31.3 Å². The summed E-state index contributed by atoms with van der Waals surface area (Å²) in [6.45, 7) is 6.46. The number of carbonyl (C=O) groups excluding carboxylic acids is 1. The van der Waals surface area contributed by atoms with Crippen molar-refractivity contribution in [1.29, 1.82) is 0 Å². The number of ether oxygens (including phenoxy) is 1. The lowest BCUT2D eigenvalue weighted by molar-refractivity contribution is 0.101. The van der Waals surface area contributed by atoms with Crippen molar-refractivity contribution in [2.45, 2.75) is 20.8 Å². The van der Waals surface area contributed by atoms with Gasteiger partial charge in [0, 0.05) is 15.7 Å². The van der Waals surface area contributed by atoms with Gasteiger partial charge in [-0.25, -0.2) is 9.67 Å². The van der Waals surface area contributed by atoms with Crippen LogP contribution < -0.4 is 10.1 Å². The summed E-state index contributed by atoms with van der Waals surface area (Å²) in [7, 11) is 0. The Morgan fingerprint density at radius 1 is 1.00 bits per heavy atom. The molecule has 0 spiro atoms. The molecule has 1 amide bonds. The van der Waals surface area contributed by atoms with E-state index in [-0.39, 0.29) is 11.7 Å². The number of hydrogen-bond donors (Lipinski definition) is 1. The highest BCUT2D eigenvalue weighted by Crippen LogP contribution is 2.25. The Balaban J connectivity index is 1.75. The smallest absolute Gasteiger partial charge is 0.295 e. The summed E-state index contributed by atoms with van der Waals surface area (Å²) < 4.78 is 8.18. The maximum absolute atomic E-state index is 13.1. The summed E-state index contributed by atoms with van der Waals surface area (Å²) in [5, 5.41) is 7.52. The normalized spacial score (nSPS) is 10.8. The van der Waals surface area contributed by atoms with Gasteiger partial charge in [0.15, 0.2) is 5.82 Å². The molecule has 6 nitrogen and oxygen atoms in total. The standard InChI is InChI=1S/C25H23BrN4O2/c1-4-32-21-14-12-20(13-15-21)30-24(18-8-10-19(26)11-9-18)28-23(29-30)25(31)27-22-16(2)6-5-7-17(22)3/h5-15H,4H2,1-3H3,(H,27,31). The van der Waals surface area contributed by atoms with Gasteiger partial charge in [-0.15, -0.1) is 5.10 Å². The van der Waals surface area contributed by atoms with E-state index in [0.29, 0.717) is 12.4 Å². The maximum atomic E-state index is 13.1. The van der Waals surface area contributed by atoms with E-state index >= 15 is 0 Å². The van der Waals surface area contributed by atoms with Crippen molar-refractivity contribution < 1.29 is 9.53 Å². The van der Waals surface area contributed by atoms with E-state index in [9.17, 15) is 4.79 Å². The summed E-state index contributed by atoms with van der Waals surface area (Å²) in [5.41, 5.74) is 4.38. The second kappa shape index (κ2) is 9.36. The van der Waals surface area contributed by atoms with Crippen molar-refractivity contribution in [3.8, 4) is 22.8 Å². The van der Waals surface area contributed by atoms with Gasteiger partial charge < -0.3 is 10.1 Å². The topological polar surface area (TPSA) is 69.0 Å². The molecule has 162 valence electrons. The first-order valence-corrected chi connectivity index (χ1v) is 11.1. The molecular weight excluding hydrogens is 468 g/mol. The van der Waals surface area contributed by atoms with Gasteiger partial charge >= 0.3 is 0 Å². The Hall–Kier alpha value is -3.45. The Bertz CT molecular complexity index is 1230. The molecule has 0 radical (unpaired) electrons. The fourth-order valence-corrected chi connectivity index (χ4v) is 3.67. The molecule has 0 aliphatic heterocycles. The Labute approximate surface area is 195 Å². The van der Waals surface area contributed by atoms with Gasteiger partial charge in [0.25, 0.3) is 5.91 Å². The van der Waals surface area contributed by atoms with E-state index < -0.39 is 0 Å². The fourth-order valence-electron chi connectivity index (χ4n) is 3.41. The molecule has 4 aromatic rings. The number of anilines is 1. The first-order valence-electron chi connectivity index (χ1n) is 10.3. The molecule has 7 heteroatoms. The van der Waals surface area contributed by atoms with Gasteiger partial charge in [0.05, 0.1) is 12.3 Å². The molecule has 0 saturated carbocycles. The fraction of sp³-hybridized carbons (Fsp3) is 0.160. The van der Waals surface area contributed by atoms with E-state index in [1.807, 2.05) is 87.5 Å². The summed E-state index contributed by atoms with van der Waals surface area (Å²) in [6, 6.07) is 21.2. The zero-order chi connectivity index (χ0) is 22.7. The number of aromatic nitrogens is 3. The van der Waals surface area contributed by atoms with Crippen LogP contribution in [0.2, 0.25) is 0 Å². The van der Waals surface area contributed by atoms with Crippen molar-refractivity contribution >= 4 is 27.5 Å². The molecule has 1 N–H and O–H groups in total. The minimum absolute atomic E-state index is 0.0967. The number of benzene rings is 3. The summed E-state index contributed by atoms with van der Waals surface area (Å²) in [6.07, 6.45) is 0. The third-order valence-corrected chi connectivity index (χ3v) is 5.55. The van der Waals surface area contributed by atoms with Gasteiger partial charge in [-0.2, -0.15) is 0 Å². The summed E-state index contributed by atoms with van der Waals surface area (Å²) in [4.78, 5) is 17.7. The van der Waals surface area contributed by atoms with Crippen LogP contribution in [-0.4, -0.2) is 27.3 Å². The first kappa shape index (κ1) is 21.8. The molecule has 0 unspecified atom stereocenters. The summed E-state index contributed by atoms with van der Waals surface area (Å²) >= 11 is 3.46. The third-order valence-electron chi connectivity index (χ3n) is 5.02. The number of aryl methyl sites for hydroxylation is 2. The zero-order valence-corrected chi connectivity index (χ0v) is 19.7. The molecule has 3 aromatic carbocycles. The zero-order valence-electron chi connectivity index (χ0n) is 18.1. The molecular formula is C25H23BrN4O2. The molecule has 1 heterocycles. The van der Waals surface area contributed by atoms with Crippen molar-refractivity contribution in [2.24, 2.45) is 0 Å². The molecule has 0 bridgehead atoms. The second-order valence-electron chi connectivity index (χ2n) is 7.33. The van der Waals surface area contributed by atoms with Gasteiger partial charge in [-0.05, 0) is 68.3 Å². The van der Waals surface area contributed by atoms with Crippen LogP contribution in [0.3, 0.4) is 0 Å². The number of rotatable bonds is 6. The average molecular weight is 491 g/mol. The van der Waals surface area contributed by atoms with Crippen LogP contribution in [0.1, 0.15) is 28.7 Å². The molecule has 4 rings (SSSR count). The molecule has 32 heavy (non-hydrogen) atoms. The van der Waals surface area contributed by atoms with Crippen molar-refractivity contribution in [3.63, 3.8) is 0 Å². The minimum Gasteiger partial charge on any atom is -0.494 e. The van der Waals surface area contributed by atoms with Crippen LogP contribution >= 0.6 is 15.9 Å². The molecule has 0 saturated heterocycles. The quantitative estimate of drug-likeness (QED) is 0.361. The second-order valence-corrected chi connectivity index (χ2v) is 8.24. The predicted molar refractivity (Wildman–Crippen MR) is 130 cm³/mol. The lowest BCUT2D eigenvalue weighted by Gasteiger charge is -2.09. The van der Waals surface area contributed by atoms with Gasteiger partial charge in [-0.1, -0.05) is 46.3 Å². The van der Waals surface area contributed by atoms with Gasteiger partial charge in [0.2, 0.25) is 5.82 Å². The SMILES string of the molecule is CCOc1ccc(-n2nc(C(=O)Nc3c(C)cccc3C)nc2-c2ccc(Br)cc2)cc1. The Kier molecular flexibility index (Phi) is 6.37. The molecule has 0 fully saturated rings. The van der Waals surface area contributed by atoms with Crippen molar-refractivity contribution in [2.75, 3.05) is 11.9 Å². The van der Waals surface area contributed by atoms with Crippen molar-refractivity contribution in [1.82, 2.24) is 14.8 Å². The Morgan fingerprint density at radius 2 is 1.66 bits per heavy atom. The Morgan fingerprint density at radius 3 is 2.28 bits per heavy atom. The summed E-state index contributed by atoms with van der Waals surface area (Å²) in [5.74, 6) is 1.09. The van der Waals surface area contributed by atoms with Gasteiger partial charge in [0.1, 0.15) is 5.75 Å². The lowest BCUT2D eigenvalue weighted by Crippen LogP contribution is -2.16. The van der Waals surface area contributed by atoms with Crippen LogP contribution in [0.5, 0.6) is 5.75 Å². The highest BCUT2D eigenvalue weighted by molar-refractivity contribution is 9.10. The van der Waals surface area contributed by atoms with Crippen LogP contribution in [-0.2, 0) is 0 Å². The highest BCUT2D eigenvalue weighted by Gasteiger charge is 2.20. The van der Waals surface area contributed by atoms with Crippen LogP contribution in [0.15, 0.2) is 71.2 Å². The maximum Gasteiger partial charge on any atom is 0.295 e. The highest BCUT2D eigenvalue weighted by atomic mass is 79.9. The number of nitrogens with one attached hydrogen (secondary N) is 1. The lowest BCUT2D eigenvalue weighted by atomic mass is 10.1. The molecule has 1 aromatic heterocycles. The van der Waals surface area contributed by atoms with Crippen molar-refractivity contribution in [3.05, 3.63) is 88.2 Å². The molecule has 0 atom stereocenters. The van der Waals surface area contributed by atoms with Crippen LogP contribution in [0.4, 0.5) is 5.69 Å². The van der Waals surface area contributed by atoms with Crippen LogP contribution in [0.25, 0.3) is 17.1 Å². The molecule has 0 aliphatic rings. The van der Waals surface area contributed by atoms with E-state index in [0.717, 1.165) is 38.3 Å². The average Bonchev–Trinajstić information content (AvgIpc) is 3.23. The number of para-hydroxylation sites is 1. The number of nitrogens with zero attached hydrogens (tertiary/aromatic N) is 3.